The van der Waals surface area contributed by atoms with Gasteiger partial charge in [-0.2, -0.15) is 0 Å². The SMILES string of the molecule is CCCNCCCCCN1CCC(CC)(CC)C1. The highest BCUT2D eigenvalue weighted by Gasteiger charge is 2.34. The van der Waals surface area contributed by atoms with Gasteiger partial charge >= 0.3 is 0 Å². The summed E-state index contributed by atoms with van der Waals surface area (Å²) in [6.45, 7) is 13.4. The van der Waals surface area contributed by atoms with Crippen LogP contribution in [0.1, 0.15) is 65.7 Å². The van der Waals surface area contributed by atoms with Crippen molar-refractivity contribution < 1.29 is 0 Å². The molecule has 0 amide bonds. The number of nitrogens with zero attached hydrogens (tertiary/aromatic N) is 1. The standard InChI is InChI=1S/C16H34N2/c1-4-11-17-12-8-7-9-13-18-14-10-16(5-2,6-3)15-18/h17H,4-15H2,1-3H3. The first-order chi connectivity index (χ1) is 8.76. The van der Waals surface area contributed by atoms with Gasteiger partial charge in [-0.3, -0.25) is 0 Å². The van der Waals surface area contributed by atoms with Gasteiger partial charge in [0.05, 0.1) is 0 Å². The molecule has 1 rings (SSSR count). The van der Waals surface area contributed by atoms with Gasteiger partial charge in [0.1, 0.15) is 0 Å². The molecule has 1 N–H and O–H groups in total. The van der Waals surface area contributed by atoms with Crippen LogP contribution in [0.25, 0.3) is 0 Å². The zero-order chi connectivity index (χ0) is 13.3. The quantitative estimate of drug-likeness (QED) is 0.598. The summed E-state index contributed by atoms with van der Waals surface area (Å²) in [7, 11) is 0. The van der Waals surface area contributed by atoms with E-state index in [9.17, 15) is 0 Å². The zero-order valence-electron chi connectivity index (χ0n) is 12.9. The fourth-order valence-electron chi connectivity index (χ4n) is 3.11. The third-order valence-corrected chi connectivity index (χ3v) is 4.77. The lowest BCUT2D eigenvalue weighted by Crippen LogP contribution is -2.27. The summed E-state index contributed by atoms with van der Waals surface area (Å²) < 4.78 is 0. The molecule has 1 fully saturated rings. The molecule has 0 saturated carbocycles. The van der Waals surface area contributed by atoms with Crippen molar-refractivity contribution in [1.82, 2.24) is 10.2 Å². The fraction of sp³-hybridized carbons (Fsp3) is 1.00. The highest BCUT2D eigenvalue weighted by Crippen LogP contribution is 2.36. The molecule has 0 radical (unpaired) electrons. The average molecular weight is 254 g/mol. The minimum absolute atomic E-state index is 0.655. The molecule has 0 bridgehead atoms. The Morgan fingerprint density at radius 2 is 1.78 bits per heavy atom. The second kappa shape index (κ2) is 8.92. The molecule has 2 heteroatoms. The summed E-state index contributed by atoms with van der Waals surface area (Å²) in [5.41, 5.74) is 0.655. The van der Waals surface area contributed by atoms with E-state index in [0.29, 0.717) is 5.41 Å². The van der Waals surface area contributed by atoms with Gasteiger partial charge in [-0.05, 0) is 70.1 Å². The van der Waals surface area contributed by atoms with Crippen molar-refractivity contribution in [2.75, 3.05) is 32.7 Å². The third kappa shape index (κ3) is 5.27. The minimum atomic E-state index is 0.655. The van der Waals surface area contributed by atoms with Crippen molar-refractivity contribution in [3.8, 4) is 0 Å². The number of hydrogen-bond donors (Lipinski definition) is 1. The molecule has 1 heterocycles. The normalized spacial score (nSPS) is 19.5. The molecule has 1 saturated heterocycles. The summed E-state index contributed by atoms with van der Waals surface area (Å²) in [6.07, 6.45) is 9.53. The Morgan fingerprint density at radius 1 is 1.00 bits per heavy atom. The van der Waals surface area contributed by atoms with Gasteiger partial charge in [0.2, 0.25) is 0 Å². The van der Waals surface area contributed by atoms with Crippen LogP contribution in [0.3, 0.4) is 0 Å². The number of unbranched alkanes of at least 4 members (excludes halogenated alkanes) is 2. The fourth-order valence-corrected chi connectivity index (χ4v) is 3.11. The molecule has 1 aliphatic heterocycles. The maximum atomic E-state index is 3.48. The summed E-state index contributed by atoms with van der Waals surface area (Å²) in [4.78, 5) is 2.70. The lowest BCUT2D eigenvalue weighted by atomic mass is 9.82. The van der Waals surface area contributed by atoms with Crippen LogP contribution in [0.4, 0.5) is 0 Å². The number of likely N-dealkylation sites (tertiary alicyclic amines) is 1. The van der Waals surface area contributed by atoms with E-state index in [4.69, 9.17) is 0 Å². The average Bonchev–Trinajstić information content (AvgIpc) is 2.82. The van der Waals surface area contributed by atoms with E-state index in [0.717, 1.165) is 0 Å². The lowest BCUT2D eigenvalue weighted by Gasteiger charge is -2.26. The van der Waals surface area contributed by atoms with Crippen LogP contribution in [-0.2, 0) is 0 Å². The number of rotatable bonds is 10. The van der Waals surface area contributed by atoms with E-state index in [1.54, 1.807) is 0 Å². The molecule has 0 atom stereocenters. The summed E-state index contributed by atoms with van der Waals surface area (Å²) in [5.74, 6) is 0. The molecule has 2 nitrogen and oxygen atoms in total. The van der Waals surface area contributed by atoms with Crippen LogP contribution in [0.15, 0.2) is 0 Å². The van der Waals surface area contributed by atoms with Crippen LogP contribution in [0.2, 0.25) is 0 Å². The van der Waals surface area contributed by atoms with Gasteiger partial charge in [0.15, 0.2) is 0 Å². The molecule has 0 spiro atoms. The molecule has 0 aromatic carbocycles. The van der Waals surface area contributed by atoms with Gasteiger partial charge in [-0.1, -0.05) is 27.2 Å². The van der Waals surface area contributed by atoms with E-state index in [-0.39, 0.29) is 0 Å². The Labute approximate surface area is 115 Å². The van der Waals surface area contributed by atoms with Crippen LogP contribution in [-0.4, -0.2) is 37.6 Å². The predicted octanol–water partition coefficient (Wildman–Crippen LogP) is 3.67. The first kappa shape index (κ1) is 16.0. The van der Waals surface area contributed by atoms with E-state index >= 15 is 0 Å². The Hall–Kier alpha value is -0.0800. The van der Waals surface area contributed by atoms with E-state index in [1.807, 2.05) is 0 Å². The molecular weight excluding hydrogens is 220 g/mol. The van der Waals surface area contributed by atoms with Crippen molar-refractivity contribution in [1.29, 1.82) is 0 Å². The number of nitrogens with one attached hydrogen (secondary N) is 1. The smallest absolute Gasteiger partial charge is 0.00382 e. The lowest BCUT2D eigenvalue weighted by molar-refractivity contribution is 0.238. The van der Waals surface area contributed by atoms with Crippen LogP contribution in [0, 0.1) is 5.41 Å². The number of hydrogen-bond acceptors (Lipinski definition) is 2. The van der Waals surface area contributed by atoms with E-state index in [2.05, 4.69) is 31.0 Å². The van der Waals surface area contributed by atoms with Gasteiger partial charge in [0.25, 0.3) is 0 Å². The van der Waals surface area contributed by atoms with Crippen molar-refractivity contribution in [2.24, 2.45) is 5.41 Å². The molecule has 108 valence electrons. The van der Waals surface area contributed by atoms with Gasteiger partial charge < -0.3 is 10.2 Å². The monoisotopic (exact) mass is 254 g/mol. The van der Waals surface area contributed by atoms with Gasteiger partial charge in [0, 0.05) is 6.54 Å². The summed E-state index contributed by atoms with van der Waals surface area (Å²) in [5, 5.41) is 3.48. The van der Waals surface area contributed by atoms with E-state index < -0.39 is 0 Å². The molecule has 1 aliphatic rings. The van der Waals surface area contributed by atoms with Crippen molar-refractivity contribution in [3.63, 3.8) is 0 Å². The summed E-state index contributed by atoms with van der Waals surface area (Å²) >= 11 is 0. The predicted molar refractivity (Wildman–Crippen MR) is 81.1 cm³/mol. The van der Waals surface area contributed by atoms with Gasteiger partial charge in [-0.25, -0.2) is 0 Å². The molecule has 0 aliphatic carbocycles. The maximum Gasteiger partial charge on any atom is 0.00382 e. The topological polar surface area (TPSA) is 15.3 Å². The first-order valence-electron chi connectivity index (χ1n) is 8.19. The molecule has 0 unspecified atom stereocenters. The minimum Gasteiger partial charge on any atom is -0.317 e. The zero-order valence-corrected chi connectivity index (χ0v) is 12.9. The van der Waals surface area contributed by atoms with Crippen LogP contribution >= 0.6 is 0 Å². The Bertz CT molecular complexity index is 199. The highest BCUT2D eigenvalue weighted by atomic mass is 15.2. The molecule has 18 heavy (non-hydrogen) atoms. The second-order valence-corrected chi connectivity index (χ2v) is 6.04. The van der Waals surface area contributed by atoms with Crippen molar-refractivity contribution in [2.45, 2.75) is 65.7 Å². The molecular formula is C16H34N2. The molecule has 0 aromatic heterocycles. The Balaban J connectivity index is 2.01. The summed E-state index contributed by atoms with van der Waals surface area (Å²) in [6, 6.07) is 0. The Morgan fingerprint density at radius 3 is 2.39 bits per heavy atom. The Kier molecular flexibility index (Phi) is 7.92. The second-order valence-electron chi connectivity index (χ2n) is 6.04. The van der Waals surface area contributed by atoms with Crippen molar-refractivity contribution in [3.05, 3.63) is 0 Å². The van der Waals surface area contributed by atoms with Crippen molar-refractivity contribution >= 4 is 0 Å². The third-order valence-electron chi connectivity index (χ3n) is 4.77. The highest BCUT2D eigenvalue weighted by molar-refractivity contribution is 4.87. The van der Waals surface area contributed by atoms with Gasteiger partial charge in [-0.15, -0.1) is 0 Å². The largest absolute Gasteiger partial charge is 0.317 e. The van der Waals surface area contributed by atoms with Crippen LogP contribution < -0.4 is 5.32 Å². The maximum absolute atomic E-state index is 3.48. The first-order valence-corrected chi connectivity index (χ1v) is 8.19. The van der Waals surface area contributed by atoms with Crippen LogP contribution in [0.5, 0.6) is 0 Å². The van der Waals surface area contributed by atoms with E-state index in [1.165, 1.54) is 77.7 Å². The molecule has 0 aromatic rings.